The van der Waals surface area contributed by atoms with E-state index in [9.17, 15) is 9.18 Å². The van der Waals surface area contributed by atoms with Gasteiger partial charge in [0.25, 0.3) is 5.91 Å². The molecule has 6 heteroatoms. The fourth-order valence-electron chi connectivity index (χ4n) is 1.71. The Balaban J connectivity index is 1.87. The maximum absolute atomic E-state index is 13.0. The molecule has 110 valence electrons. The summed E-state index contributed by atoms with van der Waals surface area (Å²) in [6.07, 6.45) is 3.13. The molecule has 0 radical (unpaired) electrons. The van der Waals surface area contributed by atoms with E-state index < -0.39 is 0 Å². The second-order valence-electron chi connectivity index (χ2n) is 4.42. The number of carbonyl (C=O) groups excluding carboxylic acids is 1. The molecule has 0 saturated heterocycles. The Kier molecular flexibility index (Phi) is 5.27. The summed E-state index contributed by atoms with van der Waals surface area (Å²) in [7, 11) is 1.68. The van der Waals surface area contributed by atoms with E-state index in [0.717, 1.165) is 4.47 Å². The molecule has 0 saturated carbocycles. The lowest BCUT2D eigenvalue weighted by atomic mass is 10.2. The van der Waals surface area contributed by atoms with Gasteiger partial charge in [0.1, 0.15) is 18.2 Å². The van der Waals surface area contributed by atoms with Crippen LogP contribution in [0.25, 0.3) is 0 Å². The molecular weight excluding hydrogens is 339 g/mol. The molecule has 1 aromatic carbocycles. The molecule has 1 heterocycles. The van der Waals surface area contributed by atoms with E-state index in [1.165, 1.54) is 23.2 Å². The van der Waals surface area contributed by atoms with E-state index in [1.807, 2.05) is 0 Å². The molecule has 21 heavy (non-hydrogen) atoms. The first-order valence-corrected chi connectivity index (χ1v) is 7.10. The summed E-state index contributed by atoms with van der Waals surface area (Å²) in [5, 5.41) is 0. The fourth-order valence-corrected chi connectivity index (χ4v) is 2.07. The maximum Gasteiger partial charge on any atom is 0.255 e. The summed E-state index contributed by atoms with van der Waals surface area (Å²) in [6.45, 7) is 0.676. The Morgan fingerprint density at radius 2 is 2.19 bits per heavy atom. The van der Waals surface area contributed by atoms with Crippen molar-refractivity contribution in [3.05, 3.63) is 58.6 Å². The van der Waals surface area contributed by atoms with Crippen molar-refractivity contribution in [3.63, 3.8) is 0 Å². The van der Waals surface area contributed by atoms with Gasteiger partial charge in [-0.3, -0.25) is 9.78 Å². The third-order valence-electron chi connectivity index (χ3n) is 2.79. The quantitative estimate of drug-likeness (QED) is 0.830. The van der Waals surface area contributed by atoms with Gasteiger partial charge in [-0.1, -0.05) is 6.07 Å². The van der Waals surface area contributed by atoms with Crippen molar-refractivity contribution >= 4 is 21.8 Å². The van der Waals surface area contributed by atoms with Crippen LogP contribution in [0.5, 0.6) is 5.75 Å². The minimum absolute atomic E-state index is 0.147. The van der Waals surface area contributed by atoms with Crippen molar-refractivity contribution in [3.8, 4) is 5.75 Å². The number of aromatic nitrogens is 1. The second-order valence-corrected chi connectivity index (χ2v) is 5.34. The predicted molar refractivity (Wildman–Crippen MR) is 80.8 cm³/mol. The summed E-state index contributed by atoms with van der Waals surface area (Å²) < 4.78 is 19.1. The Morgan fingerprint density at radius 3 is 2.90 bits per heavy atom. The van der Waals surface area contributed by atoms with Gasteiger partial charge in [-0.2, -0.15) is 0 Å². The van der Waals surface area contributed by atoms with Gasteiger partial charge in [0, 0.05) is 30.0 Å². The molecule has 4 nitrogen and oxygen atoms in total. The third-order valence-corrected chi connectivity index (χ3v) is 3.22. The van der Waals surface area contributed by atoms with E-state index in [4.69, 9.17) is 4.74 Å². The highest BCUT2D eigenvalue weighted by Crippen LogP contribution is 2.13. The van der Waals surface area contributed by atoms with E-state index in [-0.39, 0.29) is 18.3 Å². The number of rotatable bonds is 5. The van der Waals surface area contributed by atoms with Gasteiger partial charge >= 0.3 is 0 Å². The van der Waals surface area contributed by atoms with Gasteiger partial charge in [0.05, 0.1) is 12.1 Å². The Labute approximate surface area is 130 Å². The van der Waals surface area contributed by atoms with E-state index >= 15 is 0 Å². The molecule has 0 bridgehead atoms. The van der Waals surface area contributed by atoms with Crippen molar-refractivity contribution in [1.29, 1.82) is 0 Å². The number of carbonyl (C=O) groups is 1. The van der Waals surface area contributed by atoms with E-state index in [2.05, 4.69) is 20.9 Å². The minimum Gasteiger partial charge on any atom is -0.492 e. The van der Waals surface area contributed by atoms with Gasteiger partial charge < -0.3 is 9.64 Å². The van der Waals surface area contributed by atoms with Crippen molar-refractivity contribution in [2.75, 3.05) is 20.2 Å². The molecule has 0 aliphatic rings. The smallest absolute Gasteiger partial charge is 0.255 e. The van der Waals surface area contributed by atoms with Crippen LogP contribution in [-0.2, 0) is 0 Å². The molecule has 0 fully saturated rings. The standard InChI is InChI=1S/C15H14BrFN2O2/c1-19(15(20)11-7-12(16)10-18-9-11)5-6-21-14-4-2-3-13(17)8-14/h2-4,7-10H,5-6H2,1H3. The number of halogens is 2. The number of likely N-dealkylation sites (N-methyl/N-ethyl adjacent to an activating group) is 1. The molecule has 1 amide bonds. The predicted octanol–water partition coefficient (Wildman–Crippen LogP) is 3.13. The molecule has 2 rings (SSSR count). The summed E-state index contributed by atoms with van der Waals surface area (Å²) in [5.74, 6) is -0.0521. The van der Waals surface area contributed by atoms with Crippen LogP contribution < -0.4 is 4.74 Å². The summed E-state index contributed by atoms with van der Waals surface area (Å²) in [6, 6.07) is 7.61. The van der Waals surface area contributed by atoms with Gasteiger partial charge in [-0.05, 0) is 34.1 Å². The van der Waals surface area contributed by atoms with Crippen LogP contribution in [-0.4, -0.2) is 36.0 Å². The number of amides is 1. The number of hydrogen-bond donors (Lipinski definition) is 0. The van der Waals surface area contributed by atoms with Gasteiger partial charge in [-0.15, -0.1) is 0 Å². The lowest BCUT2D eigenvalue weighted by Gasteiger charge is -2.17. The fraction of sp³-hybridized carbons (Fsp3) is 0.200. The summed E-state index contributed by atoms with van der Waals surface area (Å²) in [5.41, 5.74) is 0.498. The third kappa shape index (κ3) is 4.53. The average Bonchev–Trinajstić information content (AvgIpc) is 2.46. The molecule has 0 N–H and O–H groups in total. The van der Waals surface area contributed by atoms with Crippen LogP contribution in [0.15, 0.2) is 47.2 Å². The molecular formula is C15H14BrFN2O2. The SMILES string of the molecule is CN(CCOc1cccc(F)c1)C(=O)c1cncc(Br)c1. The minimum atomic E-state index is -0.350. The van der Waals surface area contributed by atoms with Gasteiger partial charge in [-0.25, -0.2) is 4.39 Å². The van der Waals surface area contributed by atoms with Crippen LogP contribution in [0.3, 0.4) is 0 Å². The van der Waals surface area contributed by atoms with Crippen LogP contribution in [0.2, 0.25) is 0 Å². The highest BCUT2D eigenvalue weighted by molar-refractivity contribution is 9.10. The van der Waals surface area contributed by atoms with Crippen LogP contribution in [0.1, 0.15) is 10.4 Å². The normalized spacial score (nSPS) is 10.2. The molecule has 1 aromatic heterocycles. The molecule has 0 spiro atoms. The molecule has 0 aliphatic carbocycles. The second kappa shape index (κ2) is 7.17. The van der Waals surface area contributed by atoms with Crippen LogP contribution >= 0.6 is 15.9 Å². The van der Waals surface area contributed by atoms with Crippen LogP contribution in [0, 0.1) is 5.82 Å². The van der Waals surface area contributed by atoms with Crippen molar-refractivity contribution in [2.45, 2.75) is 0 Å². The van der Waals surface area contributed by atoms with E-state index in [0.29, 0.717) is 17.9 Å². The Hall–Kier alpha value is -1.95. The molecule has 0 aliphatic heterocycles. The number of hydrogen-bond acceptors (Lipinski definition) is 3. The topological polar surface area (TPSA) is 42.4 Å². The lowest BCUT2D eigenvalue weighted by molar-refractivity contribution is 0.0773. The number of benzene rings is 1. The van der Waals surface area contributed by atoms with E-state index in [1.54, 1.807) is 31.4 Å². The maximum atomic E-state index is 13.0. The first kappa shape index (κ1) is 15.4. The zero-order chi connectivity index (χ0) is 15.2. The van der Waals surface area contributed by atoms with Gasteiger partial charge in [0.15, 0.2) is 0 Å². The Morgan fingerprint density at radius 1 is 1.38 bits per heavy atom. The lowest BCUT2D eigenvalue weighted by Crippen LogP contribution is -2.31. The number of pyridine rings is 1. The summed E-state index contributed by atoms with van der Waals surface area (Å²) >= 11 is 3.28. The highest BCUT2D eigenvalue weighted by Gasteiger charge is 2.12. The van der Waals surface area contributed by atoms with Crippen molar-refractivity contribution in [2.24, 2.45) is 0 Å². The first-order chi connectivity index (χ1) is 10.1. The van der Waals surface area contributed by atoms with Gasteiger partial charge in [0.2, 0.25) is 0 Å². The molecule has 0 unspecified atom stereocenters. The average molecular weight is 353 g/mol. The van der Waals surface area contributed by atoms with Crippen molar-refractivity contribution < 1.29 is 13.9 Å². The Bertz CT molecular complexity index is 637. The molecule has 0 atom stereocenters. The first-order valence-electron chi connectivity index (χ1n) is 6.30. The number of nitrogens with zero attached hydrogens (tertiary/aromatic N) is 2. The monoisotopic (exact) mass is 352 g/mol. The zero-order valence-electron chi connectivity index (χ0n) is 11.4. The largest absolute Gasteiger partial charge is 0.492 e. The zero-order valence-corrected chi connectivity index (χ0v) is 13.0. The summed E-state index contributed by atoms with van der Waals surface area (Å²) in [4.78, 5) is 17.6. The highest BCUT2D eigenvalue weighted by atomic mass is 79.9. The molecule has 2 aromatic rings. The van der Waals surface area contributed by atoms with Crippen LogP contribution in [0.4, 0.5) is 4.39 Å². The van der Waals surface area contributed by atoms with Crippen molar-refractivity contribution in [1.82, 2.24) is 9.88 Å². The number of ether oxygens (including phenoxy) is 1.